The minimum Gasteiger partial charge on any atom is -0.411 e. The summed E-state index contributed by atoms with van der Waals surface area (Å²) in [4.78, 5) is 24.4. The van der Waals surface area contributed by atoms with E-state index in [4.69, 9.17) is 9.16 Å². The first-order valence-corrected chi connectivity index (χ1v) is 13.2. The minimum absolute atomic E-state index is 0.0622. The SMILES string of the molecule is CCCC[Si](CCCC)(CCCC)O[C@H]1C[C@]2(C=O)O[C@@H]1C(C)(C)C2=O. The van der Waals surface area contributed by atoms with Crippen LogP contribution in [0.1, 0.15) is 79.6 Å². The predicted molar refractivity (Wildman–Crippen MR) is 107 cm³/mol. The summed E-state index contributed by atoms with van der Waals surface area (Å²) in [7, 11) is -1.90. The molecule has 2 fully saturated rings. The van der Waals surface area contributed by atoms with E-state index in [0.29, 0.717) is 6.42 Å². The predicted octanol–water partition coefficient (Wildman–Crippen LogP) is 5.05. The van der Waals surface area contributed by atoms with Crippen molar-refractivity contribution < 1.29 is 18.8 Å². The Morgan fingerprint density at radius 2 is 1.58 bits per heavy atom. The summed E-state index contributed by atoms with van der Waals surface area (Å²) >= 11 is 0. The smallest absolute Gasteiger partial charge is 0.193 e. The van der Waals surface area contributed by atoms with Gasteiger partial charge in [-0.05, 0) is 18.1 Å². The van der Waals surface area contributed by atoms with E-state index in [1.807, 2.05) is 13.8 Å². The van der Waals surface area contributed by atoms with E-state index in [0.717, 1.165) is 6.29 Å². The Morgan fingerprint density at radius 1 is 1.08 bits per heavy atom. The second-order valence-corrected chi connectivity index (χ2v) is 13.1. The maximum Gasteiger partial charge on any atom is 0.193 e. The van der Waals surface area contributed by atoms with Gasteiger partial charge in [-0.25, -0.2) is 0 Å². The quantitative estimate of drug-likeness (QED) is 0.269. The van der Waals surface area contributed by atoms with E-state index in [9.17, 15) is 9.59 Å². The normalized spacial score (nSPS) is 30.1. The molecule has 2 aliphatic heterocycles. The first-order valence-electron chi connectivity index (χ1n) is 10.7. The molecule has 0 spiro atoms. The number of fused-ring (bicyclic) bond motifs is 2. The van der Waals surface area contributed by atoms with E-state index in [1.165, 1.54) is 56.7 Å². The molecule has 0 radical (unpaired) electrons. The van der Waals surface area contributed by atoms with Gasteiger partial charge in [-0.3, -0.25) is 9.59 Å². The zero-order valence-electron chi connectivity index (χ0n) is 17.4. The lowest BCUT2D eigenvalue weighted by Crippen LogP contribution is -2.53. The largest absolute Gasteiger partial charge is 0.411 e. The van der Waals surface area contributed by atoms with Gasteiger partial charge in [0.05, 0.1) is 17.6 Å². The van der Waals surface area contributed by atoms with Gasteiger partial charge in [0.25, 0.3) is 0 Å². The third-order valence-corrected chi connectivity index (χ3v) is 11.0. The molecule has 26 heavy (non-hydrogen) atoms. The topological polar surface area (TPSA) is 52.6 Å². The number of unbranched alkanes of at least 4 members (excludes halogenated alkanes) is 3. The van der Waals surface area contributed by atoms with Crippen molar-refractivity contribution in [2.24, 2.45) is 5.41 Å². The van der Waals surface area contributed by atoms with Gasteiger partial charge in [-0.2, -0.15) is 0 Å². The zero-order valence-corrected chi connectivity index (χ0v) is 18.4. The number of ether oxygens (including phenoxy) is 1. The average molecular weight is 383 g/mol. The molecule has 2 saturated heterocycles. The maximum absolute atomic E-state index is 12.7. The Morgan fingerprint density at radius 3 is 1.96 bits per heavy atom. The van der Waals surface area contributed by atoms with Crippen LogP contribution in [0.25, 0.3) is 0 Å². The minimum atomic E-state index is -1.90. The fourth-order valence-electron chi connectivity index (χ4n) is 4.79. The molecule has 0 aromatic heterocycles. The third-order valence-electron chi connectivity index (χ3n) is 6.41. The Kier molecular flexibility index (Phi) is 7.25. The van der Waals surface area contributed by atoms with Gasteiger partial charge in [0, 0.05) is 6.42 Å². The Balaban J connectivity index is 2.24. The Bertz CT molecular complexity index is 482. The van der Waals surface area contributed by atoms with Gasteiger partial charge >= 0.3 is 0 Å². The van der Waals surface area contributed by atoms with Gasteiger partial charge in [-0.15, -0.1) is 0 Å². The number of rotatable bonds is 12. The van der Waals surface area contributed by atoms with Crippen molar-refractivity contribution in [2.75, 3.05) is 0 Å². The van der Waals surface area contributed by atoms with E-state index < -0.39 is 19.3 Å². The summed E-state index contributed by atoms with van der Waals surface area (Å²) < 4.78 is 12.9. The fraction of sp³-hybridized carbons (Fsp3) is 0.905. The van der Waals surface area contributed by atoms with E-state index >= 15 is 0 Å². The lowest BCUT2D eigenvalue weighted by atomic mass is 9.70. The Labute approximate surface area is 160 Å². The van der Waals surface area contributed by atoms with Crippen LogP contribution in [0.3, 0.4) is 0 Å². The van der Waals surface area contributed by atoms with Gasteiger partial charge in [0.1, 0.15) is 0 Å². The number of Topliss-reactive ketones (excluding diaryl/α,β-unsaturated/α-hetero) is 1. The highest BCUT2D eigenvalue weighted by molar-refractivity contribution is 6.73. The van der Waals surface area contributed by atoms with Gasteiger partial charge in [0.15, 0.2) is 26.0 Å². The van der Waals surface area contributed by atoms with Crippen LogP contribution >= 0.6 is 0 Å². The summed E-state index contributed by atoms with van der Waals surface area (Å²) in [6.45, 7) is 10.5. The molecule has 0 saturated carbocycles. The molecule has 0 aromatic carbocycles. The van der Waals surface area contributed by atoms with Gasteiger partial charge < -0.3 is 9.16 Å². The van der Waals surface area contributed by atoms with Crippen molar-refractivity contribution in [3.63, 3.8) is 0 Å². The number of hydrogen-bond acceptors (Lipinski definition) is 4. The molecule has 2 heterocycles. The average Bonchev–Trinajstić information content (AvgIpc) is 3.10. The van der Waals surface area contributed by atoms with Crippen LogP contribution in [0.15, 0.2) is 0 Å². The number of carbonyl (C=O) groups is 2. The molecule has 150 valence electrons. The highest BCUT2D eigenvalue weighted by Crippen LogP contribution is 2.52. The van der Waals surface area contributed by atoms with E-state index in [2.05, 4.69) is 20.8 Å². The summed E-state index contributed by atoms with van der Waals surface area (Å²) in [5.41, 5.74) is -1.89. The van der Waals surface area contributed by atoms with Crippen LogP contribution in [0.2, 0.25) is 18.1 Å². The molecule has 2 bridgehead atoms. The summed E-state index contributed by atoms with van der Waals surface area (Å²) in [6, 6.07) is 3.57. The maximum atomic E-state index is 12.7. The molecule has 0 unspecified atom stereocenters. The van der Waals surface area contributed by atoms with E-state index in [-0.39, 0.29) is 18.0 Å². The number of ketones is 1. The van der Waals surface area contributed by atoms with Crippen LogP contribution < -0.4 is 0 Å². The molecule has 0 aliphatic carbocycles. The highest BCUT2D eigenvalue weighted by atomic mass is 28.4. The summed E-state index contributed by atoms with van der Waals surface area (Å²) in [5.74, 6) is -0.0622. The monoisotopic (exact) mass is 382 g/mol. The Hall–Kier alpha value is -0.523. The van der Waals surface area contributed by atoms with Crippen molar-refractivity contribution in [1.29, 1.82) is 0 Å². The standard InChI is InChI=1S/C21H38O4Si/c1-6-9-12-26(13-10-7-2,14-11-8-3)25-17-15-21(16-22)19(23)20(4,5)18(17)24-21/h16-18H,6-15H2,1-5H3/t17-,18-,21+/m0/s1. The lowest BCUT2D eigenvalue weighted by molar-refractivity contribution is -0.140. The van der Waals surface area contributed by atoms with Gasteiger partial charge in [-0.1, -0.05) is 73.1 Å². The molecule has 0 N–H and O–H groups in total. The second kappa shape index (κ2) is 8.66. The van der Waals surface area contributed by atoms with Crippen molar-refractivity contribution in [1.82, 2.24) is 0 Å². The third kappa shape index (κ3) is 4.00. The van der Waals surface area contributed by atoms with Crippen molar-refractivity contribution in [3.05, 3.63) is 0 Å². The van der Waals surface area contributed by atoms with Crippen molar-refractivity contribution in [2.45, 2.75) is 116 Å². The molecule has 2 aliphatic rings. The first kappa shape index (κ1) is 21.8. The molecule has 3 atom stereocenters. The number of aldehydes is 1. The number of hydrogen-bond donors (Lipinski definition) is 0. The van der Waals surface area contributed by atoms with Crippen LogP contribution in [-0.4, -0.2) is 38.2 Å². The zero-order chi connectivity index (χ0) is 19.4. The molecular formula is C21H38O4Si. The summed E-state index contributed by atoms with van der Waals surface area (Å²) in [5, 5.41) is 0. The van der Waals surface area contributed by atoms with Crippen molar-refractivity contribution >= 4 is 20.4 Å². The molecule has 5 heteroatoms. The number of carbonyl (C=O) groups excluding carboxylic acids is 2. The van der Waals surface area contributed by atoms with Crippen LogP contribution in [0.5, 0.6) is 0 Å². The molecular weight excluding hydrogens is 344 g/mol. The molecule has 0 aromatic rings. The van der Waals surface area contributed by atoms with Crippen LogP contribution in [0.4, 0.5) is 0 Å². The summed E-state index contributed by atoms with van der Waals surface area (Å²) in [6.07, 6.45) is 7.94. The van der Waals surface area contributed by atoms with E-state index in [1.54, 1.807) is 0 Å². The van der Waals surface area contributed by atoms with Crippen LogP contribution in [0, 0.1) is 5.41 Å². The first-order chi connectivity index (χ1) is 12.3. The second-order valence-electron chi connectivity index (χ2n) is 8.95. The van der Waals surface area contributed by atoms with Gasteiger partial charge in [0.2, 0.25) is 0 Å². The van der Waals surface area contributed by atoms with Crippen LogP contribution in [-0.2, 0) is 18.8 Å². The lowest BCUT2D eigenvalue weighted by Gasteiger charge is -2.40. The fourth-order valence-corrected chi connectivity index (χ4v) is 9.74. The highest BCUT2D eigenvalue weighted by Gasteiger charge is 2.68. The molecule has 4 nitrogen and oxygen atoms in total. The molecule has 0 amide bonds. The molecule has 2 rings (SSSR count). The van der Waals surface area contributed by atoms with Crippen molar-refractivity contribution in [3.8, 4) is 0 Å².